The van der Waals surface area contributed by atoms with Gasteiger partial charge in [-0.3, -0.25) is 0 Å². The summed E-state index contributed by atoms with van der Waals surface area (Å²) in [5.41, 5.74) is 0. The van der Waals surface area contributed by atoms with Crippen LogP contribution in [0.4, 0.5) is 0 Å². The highest BCUT2D eigenvalue weighted by Gasteiger charge is 1.94. The second-order valence-electron chi connectivity index (χ2n) is 5.51. The lowest BCUT2D eigenvalue weighted by atomic mass is 10.1. The summed E-state index contributed by atoms with van der Waals surface area (Å²) in [6.07, 6.45) is 16.5. The Morgan fingerprint density at radius 3 is 1.55 bits per heavy atom. The number of alkyl halides is 1. The van der Waals surface area contributed by atoms with Crippen molar-refractivity contribution in [1.29, 1.82) is 0 Å². The quantitative estimate of drug-likeness (QED) is 0.189. The highest BCUT2D eigenvalue weighted by molar-refractivity contribution is 6.17. The Hall–Kier alpha value is 0.210. The molecule has 0 aromatic heterocycles. The number of halogens is 1. The molecule has 2 nitrogen and oxygen atoms in total. The average molecular weight is 307 g/mol. The second-order valence-corrected chi connectivity index (χ2v) is 5.89. The number of ether oxygens (including phenoxy) is 2. The summed E-state index contributed by atoms with van der Waals surface area (Å²) < 4.78 is 10.5. The third-order valence-electron chi connectivity index (χ3n) is 3.53. The molecule has 0 saturated heterocycles. The normalized spacial score (nSPS) is 11.1. The smallest absolute Gasteiger partial charge is 0.146 e. The van der Waals surface area contributed by atoms with Crippen molar-refractivity contribution in [3.63, 3.8) is 0 Å². The van der Waals surface area contributed by atoms with Crippen LogP contribution in [-0.4, -0.2) is 25.9 Å². The van der Waals surface area contributed by atoms with Crippen LogP contribution in [0.5, 0.6) is 0 Å². The Kier molecular flexibility index (Phi) is 19.4. The Balaban J connectivity index is 2.89. The average Bonchev–Trinajstić information content (AvgIpc) is 2.47. The van der Waals surface area contributed by atoms with Crippen molar-refractivity contribution in [2.75, 3.05) is 25.9 Å². The SMILES string of the molecule is CCCCCCCCCCCCCCOCOCCCl. The molecule has 0 radical (unpaired) electrons. The molecule has 0 aliphatic carbocycles. The van der Waals surface area contributed by atoms with Gasteiger partial charge in [0.25, 0.3) is 0 Å². The van der Waals surface area contributed by atoms with E-state index >= 15 is 0 Å². The van der Waals surface area contributed by atoms with Crippen molar-refractivity contribution < 1.29 is 9.47 Å². The Labute approximate surface area is 131 Å². The summed E-state index contributed by atoms with van der Waals surface area (Å²) in [6, 6.07) is 0. The molecular weight excluding hydrogens is 272 g/mol. The first-order valence-electron chi connectivity index (χ1n) is 8.63. The molecule has 0 fully saturated rings. The zero-order chi connectivity index (χ0) is 14.7. The highest BCUT2D eigenvalue weighted by atomic mass is 35.5. The molecule has 0 N–H and O–H groups in total. The van der Waals surface area contributed by atoms with E-state index in [1.807, 2.05) is 0 Å². The zero-order valence-electron chi connectivity index (χ0n) is 13.5. The van der Waals surface area contributed by atoms with Crippen LogP contribution in [0.1, 0.15) is 84.0 Å². The summed E-state index contributed by atoms with van der Waals surface area (Å²) in [5.74, 6) is 0.544. The van der Waals surface area contributed by atoms with E-state index in [1.54, 1.807) is 0 Å². The molecule has 0 heterocycles. The van der Waals surface area contributed by atoms with Crippen molar-refractivity contribution in [3.8, 4) is 0 Å². The molecule has 0 bridgehead atoms. The lowest BCUT2D eigenvalue weighted by Crippen LogP contribution is -2.03. The van der Waals surface area contributed by atoms with E-state index in [0.717, 1.165) is 13.0 Å². The van der Waals surface area contributed by atoms with Gasteiger partial charge >= 0.3 is 0 Å². The molecule has 0 amide bonds. The van der Waals surface area contributed by atoms with E-state index in [4.69, 9.17) is 21.1 Å². The molecule has 20 heavy (non-hydrogen) atoms. The van der Waals surface area contributed by atoms with Gasteiger partial charge in [0.15, 0.2) is 0 Å². The van der Waals surface area contributed by atoms with Crippen molar-refractivity contribution in [1.82, 2.24) is 0 Å². The topological polar surface area (TPSA) is 18.5 Å². The molecule has 0 aromatic carbocycles. The first-order chi connectivity index (χ1) is 9.91. The lowest BCUT2D eigenvalue weighted by Gasteiger charge is -2.05. The number of unbranched alkanes of at least 4 members (excludes halogenated alkanes) is 11. The van der Waals surface area contributed by atoms with Gasteiger partial charge in [-0.1, -0.05) is 77.6 Å². The molecule has 0 unspecified atom stereocenters. The maximum atomic E-state index is 5.49. The summed E-state index contributed by atoms with van der Waals surface area (Å²) in [7, 11) is 0. The zero-order valence-corrected chi connectivity index (χ0v) is 14.3. The Bertz CT molecular complexity index is 147. The van der Waals surface area contributed by atoms with E-state index in [1.165, 1.54) is 70.6 Å². The molecule has 0 aliphatic rings. The predicted octanol–water partition coefficient (Wildman–Crippen LogP) is 5.92. The van der Waals surface area contributed by atoms with Gasteiger partial charge < -0.3 is 9.47 Å². The van der Waals surface area contributed by atoms with E-state index in [0.29, 0.717) is 19.3 Å². The van der Waals surface area contributed by atoms with Gasteiger partial charge in [-0.2, -0.15) is 0 Å². The van der Waals surface area contributed by atoms with Gasteiger partial charge in [0.05, 0.1) is 6.61 Å². The molecular formula is C17H35ClO2. The largest absolute Gasteiger partial charge is 0.355 e. The molecule has 122 valence electrons. The molecule has 0 atom stereocenters. The van der Waals surface area contributed by atoms with Gasteiger partial charge in [-0.25, -0.2) is 0 Å². The van der Waals surface area contributed by atoms with Crippen molar-refractivity contribution in [3.05, 3.63) is 0 Å². The van der Waals surface area contributed by atoms with Crippen molar-refractivity contribution >= 4 is 11.6 Å². The van der Waals surface area contributed by atoms with Crippen LogP contribution < -0.4 is 0 Å². The third-order valence-corrected chi connectivity index (χ3v) is 3.68. The highest BCUT2D eigenvalue weighted by Crippen LogP contribution is 2.11. The Morgan fingerprint density at radius 1 is 0.600 bits per heavy atom. The molecule has 3 heteroatoms. The summed E-state index contributed by atoms with van der Waals surface area (Å²) in [4.78, 5) is 0. The molecule has 0 aliphatic heterocycles. The minimum Gasteiger partial charge on any atom is -0.355 e. The molecule has 0 spiro atoms. The van der Waals surface area contributed by atoms with Crippen LogP contribution in [0.25, 0.3) is 0 Å². The fourth-order valence-electron chi connectivity index (χ4n) is 2.28. The monoisotopic (exact) mass is 306 g/mol. The second kappa shape index (κ2) is 19.2. The maximum Gasteiger partial charge on any atom is 0.146 e. The molecule has 0 aromatic rings. The van der Waals surface area contributed by atoms with Crippen molar-refractivity contribution in [2.45, 2.75) is 84.0 Å². The summed E-state index contributed by atoms with van der Waals surface area (Å²) in [5, 5.41) is 0. The van der Waals surface area contributed by atoms with E-state index in [2.05, 4.69) is 6.92 Å². The Morgan fingerprint density at radius 2 is 1.05 bits per heavy atom. The van der Waals surface area contributed by atoms with Gasteiger partial charge in [0.2, 0.25) is 0 Å². The van der Waals surface area contributed by atoms with Gasteiger partial charge in [-0.15, -0.1) is 11.6 Å². The van der Waals surface area contributed by atoms with Gasteiger partial charge in [0, 0.05) is 12.5 Å². The minimum atomic E-state index is 0.394. The maximum absolute atomic E-state index is 5.49. The van der Waals surface area contributed by atoms with Crippen LogP contribution in [0.3, 0.4) is 0 Å². The fourth-order valence-corrected chi connectivity index (χ4v) is 2.39. The van der Waals surface area contributed by atoms with Crippen molar-refractivity contribution in [2.24, 2.45) is 0 Å². The summed E-state index contributed by atoms with van der Waals surface area (Å²) >= 11 is 5.49. The minimum absolute atomic E-state index is 0.394. The van der Waals surface area contributed by atoms with E-state index in [-0.39, 0.29) is 0 Å². The fraction of sp³-hybridized carbons (Fsp3) is 1.00. The number of rotatable bonds is 17. The number of hydrogen-bond donors (Lipinski definition) is 0. The third kappa shape index (κ3) is 18.2. The number of hydrogen-bond acceptors (Lipinski definition) is 2. The summed E-state index contributed by atoms with van der Waals surface area (Å²) in [6.45, 7) is 4.07. The standard InChI is InChI=1S/C17H35ClO2/c1-2-3-4-5-6-7-8-9-10-11-12-13-15-19-17-20-16-14-18/h2-17H2,1H3. The van der Waals surface area contributed by atoms with Crippen LogP contribution in [0.2, 0.25) is 0 Å². The van der Waals surface area contributed by atoms with E-state index < -0.39 is 0 Å². The lowest BCUT2D eigenvalue weighted by molar-refractivity contribution is -0.0495. The molecule has 0 saturated carbocycles. The first-order valence-corrected chi connectivity index (χ1v) is 9.16. The van der Waals surface area contributed by atoms with Gasteiger partial charge in [0.1, 0.15) is 6.79 Å². The van der Waals surface area contributed by atoms with Crippen LogP contribution >= 0.6 is 11.6 Å². The van der Waals surface area contributed by atoms with Crippen LogP contribution in [0, 0.1) is 0 Å². The first kappa shape index (κ1) is 20.2. The predicted molar refractivity (Wildman–Crippen MR) is 88.6 cm³/mol. The molecule has 0 rings (SSSR count). The van der Waals surface area contributed by atoms with Gasteiger partial charge in [-0.05, 0) is 6.42 Å². The van der Waals surface area contributed by atoms with Crippen LogP contribution in [0.15, 0.2) is 0 Å². The van der Waals surface area contributed by atoms with Crippen LogP contribution in [-0.2, 0) is 9.47 Å². The van der Waals surface area contributed by atoms with E-state index in [9.17, 15) is 0 Å².